The Balaban J connectivity index is 1.92. The van der Waals surface area contributed by atoms with Gasteiger partial charge in [-0.05, 0) is 26.8 Å². The van der Waals surface area contributed by atoms with E-state index in [-0.39, 0.29) is 23.7 Å². The number of hydrogen-bond donors (Lipinski definition) is 2. The molecule has 0 atom stereocenters. The van der Waals surface area contributed by atoms with Crippen LogP contribution in [0.2, 0.25) is 0 Å². The van der Waals surface area contributed by atoms with Crippen molar-refractivity contribution in [2.75, 3.05) is 19.7 Å². The molecule has 7 heteroatoms. The summed E-state index contributed by atoms with van der Waals surface area (Å²) in [6, 6.07) is 1.22. The number of carbonyl (C=O) groups excluding carboxylic acids is 1. The quantitative estimate of drug-likeness (QED) is 0.884. The average molecular weight is 296 g/mol. The predicted octanol–water partition coefficient (Wildman–Crippen LogP) is 1.61. The molecule has 1 aliphatic rings. The second kappa shape index (κ2) is 5.77. The number of ether oxygens (including phenoxy) is 1. The molecular formula is C14H20N2O5. The molecule has 21 heavy (non-hydrogen) atoms. The Morgan fingerprint density at radius 1 is 1.48 bits per heavy atom. The molecule has 0 unspecified atom stereocenters. The Morgan fingerprint density at radius 3 is 2.76 bits per heavy atom. The van der Waals surface area contributed by atoms with Gasteiger partial charge in [-0.3, -0.25) is 0 Å². The molecule has 1 aliphatic heterocycles. The standard InChI is InChI=1S/C14H20N2O5/c1-9-11(12(17)18)6-10(21-9)7-15-13(19)16-4-5-20-14(2,3)8-16/h6H,4-5,7-8H2,1-3H3,(H,15,19)(H,17,18). The summed E-state index contributed by atoms with van der Waals surface area (Å²) in [5, 5.41) is 11.7. The topological polar surface area (TPSA) is 92.0 Å². The lowest BCUT2D eigenvalue weighted by molar-refractivity contribution is -0.0733. The number of urea groups is 1. The summed E-state index contributed by atoms with van der Waals surface area (Å²) in [5.41, 5.74) is -0.236. The Labute approximate surface area is 122 Å². The lowest BCUT2D eigenvalue weighted by Crippen LogP contribution is -2.53. The summed E-state index contributed by atoms with van der Waals surface area (Å²) in [7, 11) is 0. The van der Waals surface area contributed by atoms with Gasteiger partial charge in [-0.25, -0.2) is 9.59 Å². The summed E-state index contributed by atoms with van der Waals surface area (Å²) in [6.07, 6.45) is 0. The van der Waals surface area contributed by atoms with Crippen LogP contribution in [-0.2, 0) is 11.3 Å². The van der Waals surface area contributed by atoms with Gasteiger partial charge >= 0.3 is 12.0 Å². The first-order valence-corrected chi connectivity index (χ1v) is 6.78. The number of rotatable bonds is 3. The van der Waals surface area contributed by atoms with E-state index in [1.165, 1.54) is 6.07 Å². The van der Waals surface area contributed by atoms with E-state index in [2.05, 4.69) is 5.32 Å². The summed E-state index contributed by atoms with van der Waals surface area (Å²) >= 11 is 0. The minimum atomic E-state index is -1.04. The van der Waals surface area contributed by atoms with Gasteiger partial charge in [-0.1, -0.05) is 0 Å². The second-order valence-corrected chi connectivity index (χ2v) is 5.68. The largest absolute Gasteiger partial charge is 0.478 e. The van der Waals surface area contributed by atoms with E-state index in [1.807, 2.05) is 13.8 Å². The minimum Gasteiger partial charge on any atom is -0.478 e. The van der Waals surface area contributed by atoms with E-state index in [0.29, 0.717) is 31.2 Å². The molecule has 1 fully saturated rings. The smallest absolute Gasteiger partial charge is 0.339 e. The molecular weight excluding hydrogens is 276 g/mol. The number of hydrogen-bond acceptors (Lipinski definition) is 4. The summed E-state index contributed by atoms with van der Waals surface area (Å²) < 4.78 is 10.9. The molecule has 1 aromatic heterocycles. The van der Waals surface area contributed by atoms with Gasteiger partial charge in [0.05, 0.1) is 25.3 Å². The van der Waals surface area contributed by atoms with Crippen LogP contribution in [0.25, 0.3) is 0 Å². The first-order valence-electron chi connectivity index (χ1n) is 6.78. The molecule has 0 aromatic carbocycles. The number of furan rings is 1. The SMILES string of the molecule is Cc1oc(CNC(=O)N2CCOC(C)(C)C2)cc1C(=O)O. The van der Waals surface area contributed by atoms with Crippen molar-refractivity contribution >= 4 is 12.0 Å². The molecule has 2 heterocycles. The molecule has 2 amide bonds. The van der Waals surface area contributed by atoms with Crippen LogP contribution in [0.15, 0.2) is 10.5 Å². The van der Waals surface area contributed by atoms with Crippen LogP contribution in [0.1, 0.15) is 35.7 Å². The molecule has 116 valence electrons. The van der Waals surface area contributed by atoms with Crippen LogP contribution in [0.4, 0.5) is 4.79 Å². The van der Waals surface area contributed by atoms with Crippen LogP contribution in [-0.4, -0.2) is 47.3 Å². The van der Waals surface area contributed by atoms with Crippen molar-refractivity contribution in [1.29, 1.82) is 0 Å². The first-order chi connectivity index (χ1) is 9.78. The molecule has 0 aliphatic carbocycles. The molecule has 2 rings (SSSR count). The Morgan fingerprint density at radius 2 is 2.19 bits per heavy atom. The van der Waals surface area contributed by atoms with Gasteiger partial charge in [0.15, 0.2) is 0 Å². The Kier molecular flexibility index (Phi) is 4.22. The van der Waals surface area contributed by atoms with Crippen LogP contribution >= 0.6 is 0 Å². The van der Waals surface area contributed by atoms with Crippen LogP contribution in [0.5, 0.6) is 0 Å². The van der Waals surface area contributed by atoms with Gasteiger partial charge in [0, 0.05) is 6.54 Å². The van der Waals surface area contributed by atoms with E-state index in [0.717, 1.165) is 0 Å². The fraction of sp³-hybridized carbons (Fsp3) is 0.571. The molecule has 0 saturated carbocycles. The van der Waals surface area contributed by atoms with E-state index in [9.17, 15) is 9.59 Å². The van der Waals surface area contributed by atoms with Gasteiger partial charge in [-0.2, -0.15) is 0 Å². The Bertz CT molecular complexity index is 550. The third-order valence-electron chi connectivity index (χ3n) is 3.33. The maximum absolute atomic E-state index is 12.1. The van der Waals surface area contributed by atoms with Crippen molar-refractivity contribution < 1.29 is 23.8 Å². The highest BCUT2D eigenvalue weighted by Gasteiger charge is 2.29. The Hall–Kier alpha value is -2.02. The lowest BCUT2D eigenvalue weighted by atomic mass is 10.1. The molecule has 1 saturated heterocycles. The van der Waals surface area contributed by atoms with Crippen LogP contribution < -0.4 is 5.32 Å². The normalized spacial score (nSPS) is 17.6. The van der Waals surface area contributed by atoms with Crippen molar-refractivity contribution in [1.82, 2.24) is 10.2 Å². The number of carbonyl (C=O) groups is 2. The predicted molar refractivity (Wildman–Crippen MR) is 74.2 cm³/mol. The lowest BCUT2D eigenvalue weighted by Gasteiger charge is -2.37. The van der Waals surface area contributed by atoms with Crippen molar-refractivity contribution in [3.63, 3.8) is 0 Å². The number of carboxylic acids is 1. The highest BCUT2D eigenvalue weighted by atomic mass is 16.5. The number of nitrogens with zero attached hydrogens (tertiary/aromatic N) is 1. The maximum Gasteiger partial charge on any atom is 0.339 e. The van der Waals surface area contributed by atoms with Crippen molar-refractivity contribution in [3.05, 3.63) is 23.2 Å². The van der Waals surface area contributed by atoms with E-state index < -0.39 is 5.97 Å². The van der Waals surface area contributed by atoms with E-state index in [1.54, 1.807) is 11.8 Å². The highest BCUT2D eigenvalue weighted by molar-refractivity contribution is 5.88. The second-order valence-electron chi connectivity index (χ2n) is 5.68. The van der Waals surface area contributed by atoms with Crippen LogP contribution in [0, 0.1) is 6.92 Å². The number of amides is 2. The third-order valence-corrected chi connectivity index (χ3v) is 3.33. The summed E-state index contributed by atoms with van der Waals surface area (Å²) in [4.78, 5) is 24.7. The van der Waals surface area contributed by atoms with Gasteiger partial charge in [0.1, 0.15) is 17.1 Å². The zero-order chi connectivity index (χ0) is 15.6. The molecule has 7 nitrogen and oxygen atoms in total. The molecule has 0 bridgehead atoms. The summed E-state index contributed by atoms with van der Waals surface area (Å²) in [5.74, 6) is -0.284. The molecule has 1 aromatic rings. The van der Waals surface area contributed by atoms with Crippen molar-refractivity contribution in [2.45, 2.75) is 32.9 Å². The first kappa shape index (κ1) is 15.4. The van der Waals surface area contributed by atoms with Crippen molar-refractivity contribution in [2.24, 2.45) is 0 Å². The number of carboxylic acid groups (broad SMARTS) is 1. The number of morpholine rings is 1. The fourth-order valence-corrected chi connectivity index (χ4v) is 2.31. The van der Waals surface area contributed by atoms with Gasteiger partial charge < -0.3 is 24.5 Å². The molecule has 0 radical (unpaired) electrons. The fourth-order valence-electron chi connectivity index (χ4n) is 2.31. The monoisotopic (exact) mass is 296 g/mol. The van der Waals surface area contributed by atoms with Crippen LogP contribution in [0.3, 0.4) is 0 Å². The minimum absolute atomic E-state index is 0.117. The average Bonchev–Trinajstić information content (AvgIpc) is 2.76. The zero-order valence-electron chi connectivity index (χ0n) is 12.4. The summed E-state index contributed by atoms with van der Waals surface area (Å²) in [6.45, 7) is 7.15. The number of aromatic carboxylic acids is 1. The van der Waals surface area contributed by atoms with Gasteiger partial charge in [0.2, 0.25) is 0 Å². The third kappa shape index (κ3) is 3.75. The van der Waals surface area contributed by atoms with Gasteiger partial charge in [-0.15, -0.1) is 0 Å². The number of aryl methyl sites for hydroxylation is 1. The van der Waals surface area contributed by atoms with E-state index in [4.69, 9.17) is 14.3 Å². The zero-order valence-corrected chi connectivity index (χ0v) is 12.4. The molecule has 2 N–H and O–H groups in total. The van der Waals surface area contributed by atoms with Gasteiger partial charge in [0.25, 0.3) is 0 Å². The molecule has 0 spiro atoms. The van der Waals surface area contributed by atoms with E-state index >= 15 is 0 Å². The number of nitrogens with one attached hydrogen (secondary N) is 1. The maximum atomic E-state index is 12.1. The highest BCUT2D eigenvalue weighted by Crippen LogP contribution is 2.17. The van der Waals surface area contributed by atoms with Crippen molar-refractivity contribution in [3.8, 4) is 0 Å².